The van der Waals surface area contributed by atoms with Crippen molar-refractivity contribution < 1.29 is 23.9 Å². The molecule has 0 aliphatic carbocycles. The summed E-state index contributed by atoms with van der Waals surface area (Å²) < 4.78 is 15.7. The van der Waals surface area contributed by atoms with E-state index in [9.17, 15) is 14.9 Å². The molecule has 3 rings (SSSR count). The highest BCUT2D eigenvalue weighted by Crippen LogP contribution is 2.36. The molecular formula is C20H22N2O6. The van der Waals surface area contributed by atoms with Crippen molar-refractivity contribution in [1.29, 1.82) is 0 Å². The highest BCUT2D eigenvalue weighted by atomic mass is 16.6. The van der Waals surface area contributed by atoms with Crippen molar-refractivity contribution in [2.24, 2.45) is 0 Å². The molecular weight excluding hydrogens is 364 g/mol. The Morgan fingerprint density at radius 3 is 2.57 bits per heavy atom. The summed E-state index contributed by atoms with van der Waals surface area (Å²) in [4.78, 5) is 25.7. The average Bonchev–Trinajstić information content (AvgIpc) is 2.72. The minimum Gasteiger partial charge on any atom is -0.493 e. The summed E-state index contributed by atoms with van der Waals surface area (Å²) in [5, 5.41) is 11.6. The fraction of sp³-hybridized carbons (Fsp3) is 0.350. The Morgan fingerprint density at radius 1 is 1.14 bits per heavy atom. The van der Waals surface area contributed by atoms with E-state index in [0.717, 1.165) is 5.56 Å². The summed E-state index contributed by atoms with van der Waals surface area (Å²) >= 11 is 0. The third kappa shape index (κ3) is 4.07. The van der Waals surface area contributed by atoms with Crippen LogP contribution in [0.4, 0.5) is 5.69 Å². The van der Waals surface area contributed by atoms with Gasteiger partial charge in [0.25, 0.3) is 11.6 Å². The lowest BCUT2D eigenvalue weighted by atomic mass is 9.99. The van der Waals surface area contributed by atoms with Crippen molar-refractivity contribution >= 4 is 11.6 Å². The first-order valence-corrected chi connectivity index (χ1v) is 8.89. The van der Waals surface area contributed by atoms with E-state index in [0.29, 0.717) is 26.1 Å². The second kappa shape index (κ2) is 8.71. The standard InChI is InChI=1S/C20H22N2O6/c1-26-9-10-28-19-12-17(22(24)25)16(11-18(19)27-2)20(23)21-8-7-14-5-3-4-6-15(14)13-21/h3-6,11-12H,7-10,13H2,1-2H3. The molecule has 0 saturated heterocycles. The lowest BCUT2D eigenvalue weighted by molar-refractivity contribution is -0.385. The summed E-state index contributed by atoms with van der Waals surface area (Å²) in [6.07, 6.45) is 0.713. The van der Waals surface area contributed by atoms with Crippen LogP contribution in [0.15, 0.2) is 36.4 Å². The minimum absolute atomic E-state index is 0.0136. The first-order valence-electron chi connectivity index (χ1n) is 8.89. The van der Waals surface area contributed by atoms with E-state index in [1.54, 1.807) is 4.90 Å². The lowest BCUT2D eigenvalue weighted by Gasteiger charge is -2.29. The summed E-state index contributed by atoms with van der Waals surface area (Å²) in [5.74, 6) is 0.0668. The van der Waals surface area contributed by atoms with Gasteiger partial charge in [-0.3, -0.25) is 14.9 Å². The minimum atomic E-state index is -0.576. The maximum atomic E-state index is 13.1. The largest absolute Gasteiger partial charge is 0.493 e. The number of benzene rings is 2. The molecule has 2 aromatic rings. The van der Waals surface area contributed by atoms with Crippen LogP contribution in [0.3, 0.4) is 0 Å². The monoisotopic (exact) mass is 386 g/mol. The molecule has 148 valence electrons. The number of hydrogen-bond donors (Lipinski definition) is 0. The summed E-state index contributed by atoms with van der Waals surface area (Å²) in [5.41, 5.74) is 1.93. The number of nitro groups is 1. The maximum absolute atomic E-state index is 13.1. The molecule has 0 N–H and O–H groups in total. The van der Waals surface area contributed by atoms with Crippen LogP contribution in [-0.4, -0.2) is 49.7 Å². The zero-order chi connectivity index (χ0) is 20.1. The van der Waals surface area contributed by atoms with Gasteiger partial charge in [-0.2, -0.15) is 0 Å². The summed E-state index contributed by atoms with van der Waals surface area (Å²) in [7, 11) is 2.96. The number of ether oxygens (including phenoxy) is 3. The molecule has 0 unspecified atom stereocenters. The Hall–Kier alpha value is -3.13. The van der Waals surface area contributed by atoms with Crippen molar-refractivity contribution in [2.75, 3.05) is 34.0 Å². The summed E-state index contributed by atoms with van der Waals surface area (Å²) in [6, 6.07) is 10.5. The molecule has 2 aromatic carbocycles. The Kier molecular flexibility index (Phi) is 6.10. The van der Waals surface area contributed by atoms with Crippen molar-refractivity contribution in [2.45, 2.75) is 13.0 Å². The highest BCUT2D eigenvalue weighted by molar-refractivity contribution is 5.99. The Labute approximate surface area is 162 Å². The molecule has 1 aliphatic heterocycles. The SMILES string of the molecule is COCCOc1cc([N+](=O)[O-])c(C(=O)N2CCc3ccccc3C2)cc1OC. The Balaban J connectivity index is 1.91. The van der Waals surface area contributed by atoms with Gasteiger partial charge in [0.2, 0.25) is 0 Å². The van der Waals surface area contributed by atoms with Gasteiger partial charge in [-0.1, -0.05) is 24.3 Å². The van der Waals surface area contributed by atoms with Crippen molar-refractivity contribution in [3.05, 3.63) is 63.2 Å². The Bertz CT molecular complexity index is 883. The van der Waals surface area contributed by atoms with E-state index in [2.05, 4.69) is 0 Å². The van der Waals surface area contributed by atoms with Gasteiger partial charge in [0.05, 0.1) is 24.7 Å². The predicted octanol–water partition coefficient (Wildman–Crippen LogP) is 2.83. The number of carbonyl (C=O) groups excluding carboxylic acids is 1. The molecule has 1 aliphatic rings. The van der Waals surface area contributed by atoms with Gasteiger partial charge in [-0.05, 0) is 17.5 Å². The van der Waals surface area contributed by atoms with Crippen LogP contribution in [0.2, 0.25) is 0 Å². The van der Waals surface area contributed by atoms with Crippen LogP contribution >= 0.6 is 0 Å². The van der Waals surface area contributed by atoms with E-state index in [-0.39, 0.29) is 29.4 Å². The van der Waals surface area contributed by atoms with Crippen LogP contribution in [0.25, 0.3) is 0 Å². The van der Waals surface area contributed by atoms with Gasteiger partial charge in [0.15, 0.2) is 11.5 Å². The fourth-order valence-corrected chi connectivity index (χ4v) is 3.22. The molecule has 8 nitrogen and oxygen atoms in total. The second-order valence-electron chi connectivity index (χ2n) is 6.36. The molecule has 0 aromatic heterocycles. The van der Waals surface area contributed by atoms with Gasteiger partial charge in [0, 0.05) is 26.3 Å². The number of amides is 1. The highest BCUT2D eigenvalue weighted by Gasteiger charge is 2.29. The molecule has 8 heteroatoms. The molecule has 0 saturated carbocycles. The number of fused-ring (bicyclic) bond motifs is 1. The lowest BCUT2D eigenvalue weighted by Crippen LogP contribution is -2.36. The molecule has 1 heterocycles. The predicted molar refractivity (Wildman–Crippen MR) is 102 cm³/mol. The van der Waals surface area contributed by atoms with Crippen LogP contribution in [0, 0.1) is 10.1 Å². The van der Waals surface area contributed by atoms with Crippen LogP contribution in [0.5, 0.6) is 11.5 Å². The van der Waals surface area contributed by atoms with Gasteiger partial charge in [0.1, 0.15) is 12.2 Å². The number of nitrogens with zero attached hydrogens (tertiary/aromatic N) is 2. The Morgan fingerprint density at radius 2 is 1.89 bits per heavy atom. The average molecular weight is 386 g/mol. The van der Waals surface area contributed by atoms with Crippen LogP contribution in [0.1, 0.15) is 21.5 Å². The number of carbonyl (C=O) groups is 1. The maximum Gasteiger partial charge on any atom is 0.286 e. The smallest absolute Gasteiger partial charge is 0.286 e. The number of rotatable bonds is 7. The molecule has 1 amide bonds. The van der Waals surface area contributed by atoms with Gasteiger partial charge < -0.3 is 19.1 Å². The van der Waals surface area contributed by atoms with E-state index < -0.39 is 10.8 Å². The third-order valence-electron chi connectivity index (χ3n) is 4.67. The quantitative estimate of drug-likeness (QED) is 0.413. The first-order chi connectivity index (χ1) is 13.5. The molecule has 0 bridgehead atoms. The zero-order valence-corrected chi connectivity index (χ0v) is 15.8. The second-order valence-corrected chi connectivity index (χ2v) is 6.36. The molecule has 0 spiro atoms. The van der Waals surface area contributed by atoms with Crippen molar-refractivity contribution in [3.63, 3.8) is 0 Å². The van der Waals surface area contributed by atoms with Crippen molar-refractivity contribution in [3.8, 4) is 11.5 Å². The molecule has 0 atom stereocenters. The molecule has 0 radical (unpaired) electrons. The number of methoxy groups -OCH3 is 2. The normalized spacial score (nSPS) is 13.0. The third-order valence-corrected chi connectivity index (χ3v) is 4.67. The van der Waals surface area contributed by atoms with Gasteiger partial charge in [-0.15, -0.1) is 0 Å². The molecule has 28 heavy (non-hydrogen) atoms. The zero-order valence-electron chi connectivity index (χ0n) is 15.8. The fourth-order valence-electron chi connectivity index (χ4n) is 3.22. The van der Waals surface area contributed by atoms with Crippen LogP contribution < -0.4 is 9.47 Å². The molecule has 0 fully saturated rings. The van der Waals surface area contributed by atoms with E-state index in [1.807, 2.05) is 24.3 Å². The number of hydrogen-bond acceptors (Lipinski definition) is 6. The summed E-state index contributed by atoms with van der Waals surface area (Å²) in [6.45, 7) is 1.45. The van der Waals surface area contributed by atoms with Gasteiger partial charge >= 0.3 is 0 Å². The number of nitro benzene ring substituents is 1. The van der Waals surface area contributed by atoms with Gasteiger partial charge in [-0.25, -0.2) is 0 Å². The van der Waals surface area contributed by atoms with E-state index in [1.165, 1.54) is 31.9 Å². The van der Waals surface area contributed by atoms with E-state index in [4.69, 9.17) is 14.2 Å². The van der Waals surface area contributed by atoms with E-state index >= 15 is 0 Å². The van der Waals surface area contributed by atoms with Crippen LogP contribution in [-0.2, 0) is 17.7 Å². The topological polar surface area (TPSA) is 91.1 Å². The van der Waals surface area contributed by atoms with Crippen molar-refractivity contribution in [1.82, 2.24) is 4.90 Å². The first kappa shape index (κ1) is 19.6.